The number of nitrogens with zero attached hydrogens (tertiary/aromatic N) is 3. The molecule has 0 spiro atoms. The lowest BCUT2D eigenvalue weighted by Gasteiger charge is -2.03. The molecule has 0 unspecified atom stereocenters. The second-order valence-corrected chi connectivity index (χ2v) is 3.96. The van der Waals surface area contributed by atoms with E-state index in [1.54, 1.807) is 12.4 Å². The highest BCUT2D eigenvalue weighted by atomic mass is 16.3. The van der Waals surface area contributed by atoms with E-state index in [1.807, 2.05) is 36.4 Å². The van der Waals surface area contributed by atoms with Gasteiger partial charge < -0.3 is 5.11 Å². The van der Waals surface area contributed by atoms with Gasteiger partial charge in [-0.05, 0) is 17.7 Å². The van der Waals surface area contributed by atoms with E-state index in [-0.39, 0.29) is 6.61 Å². The minimum atomic E-state index is 0.0469. The van der Waals surface area contributed by atoms with E-state index in [9.17, 15) is 0 Å². The van der Waals surface area contributed by atoms with Gasteiger partial charge in [0.1, 0.15) is 5.52 Å². The van der Waals surface area contributed by atoms with Crippen molar-refractivity contribution < 1.29 is 5.11 Å². The van der Waals surface area contributed by atoms with Crippen LogP contribution in [-0.4, -0.2) is 20.1 Å². The van der Waals surface area contributed by atoms with Crippen molar-refractivity contribution >= 4 is 11.2 Å². The number of aliphatic hydroxyl groups excluding tert-OH is 1. The number of aromatic nitrogens is 3. The number of pyridine rings is 1. The molecule has 0 fully saturated rings. The van der Waals surface area contributed by atoms with Gasteiger partial charge in [-0.1, -0.05) is 24.3 Å². The molecule has 88 valence electrons. The molecule has 0 bridgehead atoms. The van der Waals surface area contributed by atoms with Gasteiger partial charge >= 0.3 is 0 Å². The van der Waals surface area contributed by atoms with E-state index < -0.39 is 0 Å². The molecule has 0 aliphatic rings. The highest BCUT2D eigenvalue weighted by Gasteiger charge is 2.03. The van der Waals surface area contributed by atoms with Crippen molar-refractivity contribution in [3.63, 3.8) is 0 Å². The predicted molar refractivity (Wildman–Crippen MR) is 68.7 cm³/mol. The van der Waals surface area contributed by atoms with Crippen LogP contribution in [0.3, 0.4) is 0 Å². The number of fused-ring (bicyclic) bond motifs is 1. The molecule has 0 atom stereocenters. The quantitative estimate of drug-likeness (QED) is 0.742. The number of hydrogen-bond acceptors (Lipinski definition) is 4. The largest absolute Gasteiger partial charge is 0.392 e. The first-order chi connectivity index (χ1) is 8.86. The van der Waals surface area contributed by atoms with Crippen LogP contribution in [0, 0.1) is 0 Å². The summed E-state index contributed by atoms with van der Waals surface area (Å²) < 4.78 is 0. The second-order valence-electron chi connectivity index (χ2n) is 3.96. The maximum Gasteiger partial charge on any atom is 0.178 e. The van der Waals surface area contributed by atoms with Crippen molar-refractivity contribution in [2.24, 2.45) is 0 Å². The minimum Gasteiger partial charge on any atom is -0.392 e. The lowest BCUT2D eigenvalue weighted by molar-refractivity contribution is 0.282. The van der Waals surface area contributed by atoms with Gasteiger partial charge in [0.25, 0.3) is 0 Å². The van der Waals surface area contributed by atoms with Gasteiger partial charge in [-0.3, -0.25) is 4.98 Å². The Balaban J connectivity index is 2.07. The molecule has 4 heteroatoms. The van der Waals surface area contributed by atoms with E-state index in [4.69, 9.17) is 5.11 Å². The molecule has 3 aromatic rings. The lowest BCUT2D eigenvalue weighted by Crippen LogP contribution is -1.91. The zero-order valence-corrected chi connectivity index (χ0v) is 9.61. The summed E-state index contributed by atoms with van der Waals surface area (Å²) in [6.45, 7) is 0.0469. The first-order valence-corrected chi connectivity index (χ1v) is 5.65. The molecular formula is C14H11N3O. The van der Waals surface area contributed by atoms with Crippen LogP contribution >= 0.6 is 0 Å². The Morgan fingerprint density at radius 1 is 1.00 bits per heavy atom. The number of hydrogen-bond donors (Lipinski definition) is 1. The Morgan fingerprint density at radius 3 is 2.61 bits per heavy atom. The SMILES string of the molecule is OCc1ccc(-c2cnc3cccnc3n2)cc1. The van der Waals surface area contributed by atoms with Crippen molar-refractivity contribution in [2.45, 2.75) is 6.61 Å². The zero-order chi connectivity index (χ0) is 12.4. The van der Waals surface area contributed by atoms with Gasteiger partial charge in [-0.15, -0.1) is 0 Å². The number of benzene rings is 1. The summed E-state index contributed by atoms with van der Waals surface area (Å²) >= 11 is 0. The predicted octanol–water partition coefficient (Wildman–Crippen LogP) is 2.18. The van der Waals surface area contributed by atoms with Gasteiger partial charge in [-0.25, -0.2) is 9.97 Å². The molecular weight excluding hydrogens is 226 g/mol. The van der Waals surface area contributed by atoms with E-state index in [0.29, 0.717) is 5.65 Å². The molecule has 0 amide bonds. The van der Waals surface area contributed by atoms with Gasteiger partial charge in [0, 0.05) is 11.8 Å². The van der Waals surface area contributed by atoms with E-state index >= 15 is 0 Å². The van der Waals surface area contributed by atoms with Crippen molar-refractivity contribution in [1.82, 2.24) is 15.0 Å². The summed E-state index contributed by atoms with van der Waals surface area (Å²) in [6.07, 6.45) is 3.44. The third-order valence-electron chi connectivity index (χ3n) is 2.75. The maximum absolute atomic E-state index is 9.00. The Bertz CT molecular complexity index is 680. The Morgan fingerprint density at radius 2 is 1.83 bits per heavy atom. The molecule has 0 radical (unpaired) electrons. The highest BCUT2D eigenvalue weighted by Crippen LogP contribution is 2.18. The second kappa shape index (κ2) is 4.50. The van der Waals surface area contributed by atoms with E-state index in [1.165, 1.54) is 0 Å². The van der Waals surface area contributed by atoms with Crippen LogP contribution in [0.1, 0.15) is 5.56 Å². The highest BCUT2D eigenvalue weighted by molar-refractivity contribution is 5.72. The summed E-state index contributed by atoms with van der Waals surface area (Å²) in [6, 6.07) is 11.3. The van der Waals surface area contributed by atoms with Gasteiger partial charge in [0.15, 0.2) is 5.65 Å². The van der Waals surface area contributed by atoms with E-state index in [2.05, 4.69) is 15.0 Å². The summed E-state index contributed by atoms with van der Waals surface area (Å²) in [5.74, 6) is 0. The zero-order valence-electron chi connectivity index (χ0n) is 9.61. The summed E-state index contributed by atoms with van der Waals surface area (Å²) in [4.78, 5) is 13.0. The molecule has 0 aliphatic heterocycles. The van der Waals surface area contributed by atoms with Crippen LogP contribution in [0.25, 0.3) is 22.4 Å². The van der Waals surface area contributed by atoms with Crippen LogP contribution < -0.4 is 0 Å². The number of rotatable bonds is 2. The van der Waals surface area contributed by atoms with E-state index in [0.717, 1.165) is 22.3 Å². The Labute approximate surface area is 104 Å². The summed E-state index contributed by atoms with van der Waals surface area (Å²) in [7, 11) is 0. The molecule has 0 aliphatic carbocycles. The molecule has 0 saturated carbocycles. The van der Waals surface area contributed by atoms with Crippen LogP contribution in [-0.2, 0) is 6.61 Å². The molecule has 18 heavy (non-hydrogen) atoms. The molecule has 0 saturated heterocycles. The van der Waals surface area contributed by atoms with Crippen molar-refractivity contribution in [2.75, 3.05) is 0 Å². The fourth-order valence-corrected chi connectivity index (χ4v) is 1.77. The van der Waals surface area contributed by atoms with Crippen LogP contribution in [0.5, 0.6) is 0 Å². The molecule has 3 rings (SSSR count). The maximum atomic E-state index is 9.00. The average molecular weight is 237 g/mol. The van der Waals surface area contributed by atoms with Gasteiger partial charge in [0.05, 0.1) is 18.5 Å². The van der Waals surface area contributed by atoms with Crippen molar-refractivity contribution in [3.8, 4) is 11.3 Å². The Kier molecular flexibility index (Phi) is 2.70. The molecule has 1 N–H and O–H groups in total. The van der Waals surface area contributed by atoms with Crippen molar-refractivity contribution in [3.05, 3.63) is 54.4 Å². The normalized spacial score (nSPS) is 10.7. The van der Waals surface area contributed by atoms with Crippen LogP contribution in [0.15, 0.2) is 48.8 Å². The van der Waals surface area contributed by atoms with Crippen molar-refractivity contribution in [1.29, 1.82) is 0 Å². The molecule has 4 nitrogen and oxygen atoms in total. The molecule has 1 aromatic carbocycles. The lowest BCUT2D eigenvalue weighted by atomic mass is 10.1. The fourth-order valence-electron chi connectivity index (χ4n) is 1.77. The van der Waals surface area contributed by atoms with Crippen LogP contribution in [0.2, 0.25) is 0 Å². The van der Waals surface area contributed by atoms with Gasteiger partial charge in [-0.2, -0.15) is 0 Å². The first kappa shape index (κ1) is 10.8. The summed E-state index contributed by atoms with van der Waals surface area (Å²) in [5.41, 5.74) is 4.05. The molecule has 2 heterocycles. The Hall–Kier alpha value is -2.33. The standard InChI is InChI=1S/C14H11N3O/c18-9-10-3-5-11(6-4-10)13-8-16-12-2-1-7-15-14(12)17-13/h1-8,18H,9H2. The third-order valence-corrected chi connectivity index (χ3v) is 2.75. The summed E-state index contributed by atoms with van der Waals surface area (Å²) in [5, 5.41) is 9.00. The average Bonchev–Trinajstić information content (AvgIpc) is 2.47. The topological polar surface area (TPSA) is 58.9 Å². The monoisotopic (exact) mass is 237 g/mol. The minimum absolute atomic E-state index is 0.0469. The fraction of sp³-hybridized carbons (Fsp3) is 0.0714. The first-order valence-electron chi connectivity index (χ1n) is 5.65. The molecule has 2 aromatic heterocycles. The third kappa shape index (κ3) is 1.94. The van der Waals surface area contributed by atoms with Gasteiger partial charge in [0.2, 0.25) is 0 Å². The number of aliphatic hydroxyl groups is 1. The van der Waals surface area contributed by atoms with Crippen LogP contribution in [0.4, 0.5) is 0 Å². The smallest absolute Gasteiger partial charge is 0.178 e.